The minimum atomic E-state index is -3.54. The van der Waals surface area contributed by atoms with Gasteiger partial charge < -0.3 is 5.73 Å². The van der Waals surface area contributed by atoms with Crippen molar-refractivity contribution in [3.05, 3.63) is 16.4 Å². The van der Waals surface area contributed by atoms with Gasteiger partial charge in [-0.25, -0.2) is 8.42 Å². The van der Waals surface area contributed by atoms with E-state index in [1.54, 1.807) is 7.05 Å². The third kappa shape index (κ3) is 2.73. The van der Waals surface area contributed by atoms with Crippen molar-refractivity contribution in [2.24, 2.45) is 17.2 Å². The lowest BCUT2D eigenvalue weighted by atomic mass is 10.3. The number of amidine groups is 1. The second-order valence-corrected chi connectivity index (χ2v) is 5.32. The Balaban J connectivity index is 3.35. The third-order valence-electron chi connectivity index (χ3n) is 1.90. The van der Waals surface area contributed by atoms with Gasteiger partial charge in [0.15, 0.2) is 5.84 Å². The maximum Gasteiger partial charge on any atom is 0.252 e. The summed E-state index contributed by atoms with van der Waals surface area (Å²) in [5.74, 6) is -0.151. The van der Waals surface area contributed by atoms with Crippen LogP contribution in [0.25, 0.3) is 0 Å². The molecular weight excluding hydrogens is 252 g/mol. The lowest BCUT2D eigenvalue weighted by Gasteiger charge is -2.00. The molecule has 0 aromatic carbocycles. The fourth-order valence-corrected chi connectivity index (χ4v) is 2.11. The monoisotopic (exact) mass is 264 g/mol. The van der Waals surface area contributed by atoms with Crippen molar-refractivity contribution < 1.29 is 8.42 Å². The van der Waals surface area contributed by atoms with E-state index in [9.17, 15) is 8.42 Å². The zero-order valence-electron chi connectivity index (χ0n) is 9.23. The highest BCUT2D eigenvalue weighted by Crippen LogP contribution is 2.20. The summed E-state index contributed by atoms with van der Waals surface area (Å²) in [6.45, 7) is 1.89. The highest BCUT2D eigenvalue weighted by molar-refractivity contribution is 7.89. The van der Waals surface area contributed by atoms with Gasteiger partial charge in [0, 0.05) is 7.05 Å². The number of aryl methyl sites for hydroxylation is 2. The van der Waals surface area contributed by atoms with Gasteiger partial charge in [-0.15, -0.1) is 4.40 Å². The fourth-order valence-electron chi connectivity index (χ4n) is 1.28. The van der Waals surface area contributed by atoms with Gasteiger partial charge in [-0.3, -0.25) is 4.68 Å². The Labute approximate surface area is 99.2 Å². The number of aromatic nitrogens is 2. The molecule has 0 radical (unpaired) electrons. The summed E-state index contributed by atoms with van der Waals surface area (Å²) in [5, 5.41) is 4.45. The van der Waals surface area contributed by atoms with Crippen molar-refractivity contribution in [1.82, 2.24) is 9.78 Å². The maximum atomic E-state index is 11.0. The zero-order valence-corrected chi connectivity index (χ0v) is 10.8. The molecule has 0 saturated carbocycles. The van der Waals surface area contributed by atoms with Crippen LogP contribution in [0.1, 0.15) is 18.3 Å². The van der Waals surface area contributed by atoms with Crippen LogP contribution in [0, 0.1) is 0 Å². The largest absolute Gasteiger partial charge is 0.381 e. The molecule has 1 aromatic rings. The molecule has 0 spiro atoms. The predicted molar refractivity (Wildman–Crippen MR) is 63.2 cm³/mol. The minimum Gasteiger partial charge on any atom is -0.381 e. The molecule has 16 heavy (non-hydrogen) atoms. The van der Waals surface area contributed by atoms with Crippen molar-refractivity contribution in [3.8, 4) is 0 Å². The minimum absolute atomic E-state index is 0.151. The Bertz CT molecular complexity index is 532. The van der Waals surface area contributed by atoms with Crippen molar-refractivity contribution in [2.45, 2.75) is 13.3 Å². The fraction of sp³-hybridized carbons (Fsp3) is 0.500. The molecule has 0 bridgehead atoms. The molecule has 0 aliphatic carbocycles. The summed E-state index contributed by atoms with van der Waals surface area (Å²) in [5.41, 5.74) is 6.56. The Hall–Kier alpha value is -1.08. The van der Waals surface area contributed by atoms with Crippen molar-refractivity contribution >= 4 is 27.5 Å². The summed E-state index contributed by atoms with van der Waals surface area (Å²) in [6, 6.07) is 0. The molecule has 0 aliphatic rings. The summed E-state index contributed by atoms with van der Waals surface area (Å²) >= 11 is 6.01. The summed E-state index contributed by atoms with van der Waals surface area (Å²) in [7, 11) is -1.91. The molecule has 1 aromatic heterocycles. The van der Waals surface area contributed by atoms with Gasteiger partial charge in [0.1, 0.15) is 5.69 Å². The number of halogens is 1. The molecule has 0 aliphatic heterocycles. The molecule has 8 heteroatoms. The summed E-state index contributed by atoms with van der Waals surface area (Å²) < 4.78 is 26.7. The number of sulfonamides is 1. The van der Waals surface area contributed by atoms with Gasteiger partial charge in [-0.05, 0) is 6.42 Å². The van der Waals surface area contributed by atoms with Crippen LogP contribution < -0.4 is 5.73 Å². The van der Waals surface area contributed by atoms with Gasteiger partial charge in [0.2, 0.25) is 0 Å². The van der Waals surface area contributed by atoms with Crippen LogP contribution in [0.4, 0.5) is 0 Å². The lowest BCUT2D eigenvalue weighted by molar-refractivity contribution is 0.603. The first kappa shape index (κ1) is 13.0. The highest BCUT2D eigenvalue weighted by atomic mass is 35.5. The molecule has 1 rings (SSSR count). The van der Waals surface area contributed by atoms with Gasteiger partial charge in [0.05, 0.1) is 17.0 Å². The molecule has 0 fully saturated rings. The van der Waals surface area contributed by atoms with Crippen LogP contribution in [0.3, 0.4) is 0 Å². The van der Waals surface area contributed by atoms with E-state index in [-0.39, 0.29) is 5.84 Å². The van der Waals surface area contributed by atoms with Gasteiger partial charge >= 0.3 is 0 Å². The van der Waals surface area contributed by atoms with Crippen LogP contribution in [-0.2, 0) is 23.5 Å². The van der Waals surface area contributed by atoms with E-state index >= 15 is 0 Å². The molecule has 0 saturated heterocycles. The molecule has 0 atom stereocenters. The Kier molecular flexibility index (Phi) is 3.59. The lowest BCUT2D eigenvalue weighted by Crippen LogP contribution is -2.19. The molecule has 0 unspecified atom stereocenters. The molecular formula is C8H13ClN4O2S. The van der Waals surface area contributed by atoms with Crippen LogP contribution in [-0.4, -0.2) is 30.3 Å². The maximum absolute atomic E-state index is 11.0. The number of hydrogen-bond donors (Lipinski definition) is 1. The molecule has 90 valence electrons. The number of nitrogens with two attached hydrogens (primary N) is 1. The number of rotatable bonds is 3. The van der Waals surface area contributed by atoms with Crippen molar-refractivity contribution in [2.75, 3.05) is 6.26 Å². The third-order valence-corrected chi connectivity index (χ3v) is 2.82. The van der Waals surface area contributed by atoms with E-state index in [1.165, 1.54) is 4.68 Å². The van der Waals surface area contributed by atoms with Gasteiger partial charge in [-0.2, -0.15) is 5.10 Å². The first-order valence-corrected chi connectivity index (χ1v) is 6.76. The first-order chi connectivity index (χ1) is 7.26. The molecule has 1 heterocycles. The van der Waals surface area contributed by atoms with Crippen LogP contribution >= 0.6 is 11.6 Å². The number of hydrogen-bond acceptors (Lipinski definition) is 3. The van der Waals surface area contributed by atoms with Crippen LogP contribution in [0.5, 0.6) is 0 Å². The van der Waals surface area contributed by atoms with E-state index in [0.717, 1.165) is 6.26 Å². The zero-order chi connectivity index (χ0) is 12.5. The van der Waals surface area contributed by atoms with Gasteiger partial charge in [-0.1, -0.05) is 18.5 Å². The first-order valence-electron chi connectivity index (χ1n) is 4.53. The standard InChI is InChI=1S/C8H13ClN4O2S/c1-4-5-6(9)7(13(2)11-5)8(10)12-16(3,14)15/h4H2,1-3H3,(H2,10,12). The van der Waals surface area contributed by atoms with Crippen molar-refractivity contribution in [1.29, 1.82) is 0 Å². The van der Waals surface area contributed by atoms with Crippen LogP contribution in [0.2, 0.25) is 5.02 Å². The van der Waals surface area contributed by atoms with E-state index in [0.29, 0.717) is 22.8 Å². The predicted octanol–water partition coefficient (Wildman–Crippen LogP) is 0.301. The van der Waals surface area contributed by atoms with E-state index in [2.05, 4.69) is 9.50 Å². The second kappa shape index (κ2) is 4.42. The van der Waals surface area contributed by atoms with E-state index < -0.39 is 10.0 Å². The summed E-state index contributed by atoms with van der Waals surface area (Å²) in [6.07, 6.45) is 1.60. The Morgan fingerprint density at radius 1 is 1.62 bits per heavy atom. The van der Waals surface area contributed by atoms with E-state index in [1.807, 2.05) is 6.92 Å². The normalized spacial score (nSPS) is 13.1. The summed E-state index contributed by atoms with van der Waals surface area (Å²) in [4.78, 5) is 0. The topological polar surface area (TPSA) is 90.3 Å². The second-order valence-electron chi connectivity index (χ2n) is 3.30. The van der Waals surface area contributed by atoms with Crippen LogP contribution in [0.15, 0.2) is 4.40 Å². The quantitative estimate of drug-likeness (QED) is 0.628. The van der Waals surface area contributed by atoms with Gasteiger partial charge in [0.25, 0.3) is 10.0 Å². The molecule has 2 N–H and O–H groups in total. The average Bonchev–Trinajstić information content (AvgIpc) is 2.38. The van der Waals surface area contributed by atoms with Crippen molar-refractivity contribution in [3.63, 3.8) is 0 Å². The SMILES string of the molecule is CCc1nn(C)c(C(N)=NS(C)(=O)=O)c1Cl. The highest BCUT2D eigenvalue weighted by Gasteiger charge is 2.17. The smallest absolute Gasteiger partial charge is 0.252 e. The average molecular weight is 265 g/mol. The van der Waals surface area contributed by atoms with E-state index in [4.69, 9.17) is 17.3 Å². The number of nitrogens with zero attached hydrogens (tertiary/aromatic N) is 3. The Morgan fingerprint density at radius 3 is 2.56 bits per heavy atom. The molecule has 6 nitrogen and oxygen atoms in total. The molecule has 0 amide bonds. The Morgan fingerprint density at radius 2 is 2.19 bits per heavy atom.